The molecule has 0 radical (unpaired) electrons. The minimum absolute atomic E-state index is 0.0674. The van der Waals surface area contributed by atoms with Crippen molar-refractivity contribution in [1.29, 1.82) is 0 Å². The lowest BCUT2D eigenvalue weighted by Gasteiger charge is -2.33. The van der Waals surface area contributed by atoms with E-state index in [0.717, 1.165) is 49.6 Å². The molecule has 1 atom stereocenters. The lowest BCUT2D eigenvalue weighted by Crippen LogP contribution is -2.42. The van der Waals surface area contributed by atoms with Crippen LogP contribution in [-0.4, -0.2) is 43.4 Å². The van der Waals surface area contributed by atoms with Crippen LogP contribution >= 0.6 is 0 Å². The number of nitrogens with zero attached hydrogens (tertiary/aromatic N) is 5. The molecular weight excluding hydrogens is 302 g/mol. The van der Waals surface area contributed by atoms with E-state index < -0.39 is 0 Å². The van der Waals surface area contributed by atoms with Gasteiger partial charge in [-0.1, -0.05) is 13.8 Å². The van der Waals surface area contributed by atoms with Crippen molar-refractivity contribution in [1.82, 2.24) is 24.4 Å². The maximum atomic E-state index is 12.2. The quantitative estimate of drug-likeness (QED) is 0.864. The van der Waals surface area contributed by atoms with Gasteiger partial charge in [0.05, 0.1) is 0 Å². The van der Waals surface area contributed by atoms with Crippen molar-refractivity contribution in [3.8, 4) is 11.5 Å². The predicted octanol–water partition coefficient (Wildman–Crippen LogP) is 2.31. The molecular formula is C18H25N5O. The van der Waals surface area contributed by atoms with Gasteiger partial charge in [0.15, 0.2) is 5.82 Å². The Bertz CT molecular complexity index is 709. The fourth-order valence-corrected chi connectivity index (χ4v) is 3.34. The number of aromatic nitrogens is 4. The third-order valence-corrected chi connectivity index (χ3v) is 4.60. The second-order valence-electron chi connectivity index (χ2n) is 6.91. The number of hydrogen-bond acceptors (Lipinski definition) is 4. The first-order chi connectivity index (χ1) is 11.5. The van der Waals surface area contributed by atoms with Gasteiger partial charge in [-0.05, 0) is 31.2 Å². The van der Waals surface area contributed by atoms with Crippen molar-refractivity contribution in [2.45, 2.75) is 33.1 Å². The highest BCUT2D eigenvalue weighted by Crippen LogP contribution is 2.23. The van der Waals surface area contributed by atoms with Gasteiger partial charge in [0.25, 0.3) is 0 Å². The second kappa shape index (κ2) is 7.11. The molecule has 0 aromatic carbocycles. The van der Waals surface area contributed by atoms with Crippen LogP contribution in [0.25, 0.3) is 11.5 Å². The molecule has 1 aliphatic heterocycles. The maximum absolute atomic E-state index is 12.2. The standard InChI is InChI=1S/C18H25N5O/c1-13(2)18(24)23-7-4-5-14(11-23)9-15-10-16(21-12-20-15)17-19-6-8-22(17)3/h6,8,10,12-14H,4-5,7,9,11H2,1-3H3/t14-/m0/s1. The molecule has 0 N–H and O–H groups in total. The van der Waals surface area contributed by atoms with E-state index in [0.29, 0.717) is 5.92 Å². The summed E-state index contributed by atoms with van der Waals surface area (Å²) in [5.74, 6) is 1.64. The molecule has 6 heteroatoms. The molecule has 3 rings (SSSR count). The summed E-state index contributed by atoms with van der Waals surface area (Å²) in [6.07, 6.45) is 8.38. The van der Waals surface area contributed by atoms with E-state index in [2.05, 4.69) is 15.0 Å². The number of imidazole rings is 1. The molecule has 0 unspecified atom stereocenters. The lowest BCUT2D eigenvalue weighted by molar-refractivity contribution is -0.136. The summed E-state index contributed by atoms with van der Waals surface area (Å²) in [6.45, 7) is 5.65. The molecule has 1 amide bonds. The minimum Gasteiger partial charge on any atom is -0.342 e. The Hall–Kier alpha value is -2.24. The number of amides is 1. The Morgan fingerprint density at radius 1 is 1.33 bits per heavy atom. The molecule has 1 saturated heterocycles. The van der Waals surface area contributed by atoms with E-state index in [-0.39, 0.29) is 11.8 Å². The number of hydrogen-bond donors (Lipinski definition) is 0. The zero-order valence-corrected chi connectivity index (χ0v) is 14.6. The fraction of sp³-hybridized carbons (Fsp3) is 0.556. The van der Waals surface area contributed by atoms with Crippen LogP contribution in [0.5, 0.6) is 0 Å². The van der Waals surface area contributed by atoms with Gasteiger partial charge in [0, 0.05) is 44.1 Å². The van der Waals surface area contributed by atoms with Crippen LogP contribution in [0, 0.1) is 11.8 Å². The highest BCUT2D eigenvalue weighted by atomic mass is 16.2. The number of likely N-dealkylation sites (tertiary alicyclic amines) is 1. The monoisotopic (exact) mass is 327 g/mol. The van der Waals surface area contributed by atoms with Crippen LogP contribution < -0.4 is 0 Å². The highest BCUT2D eigenvalue weighted by Gasteiger charge is 2.25. The number of carbonyl (C=O) groups is 1. The summed E-state index contributed by atoms with van der Waals surface area (Å²) in [7, 11) is 1.96. The minimum atomic E-state index is 0.0674. The molecule has 6 nitrogen and oxygen atoms in total. The number of carbonyl (C=O) groups excluding carboxylic acids is 1. The molecule has 0 aliphatic carbocycles. The number of rotatable bonds is 4. The van der Waals surface area contributed by atoms with E-state index in [9.17, 15) is 4.79 Å². The molecule has 1 fully saturated rings. The fourth-order valence-electron chi connectivity index (χ4n) is 3.34. The summed E-state index contributed by atoms with van der Waals surface area (Å²) in [5.41, 5.74) is 1.87. The Morgan fingerprint density at radius 3 is 2.88 bits per heavy atom. The zero-order valence-electron chi connectivity index (χ0n) is 14.6. The highest BCUT2D eigenvalue weighted by molar-refractivity contribution is 5.78. The average Bonchev–Trinajstić information content (AvgIpc) is 3.00. The van der Waals surface area contributed by atoms with Gasteiger partial charge in [0.2, 0.25) is 5.91 Å². The van der Waals surface area contributed by atoms with E-state index in [1.165, 1.54) is 0 Å². The van der Waals surface area contributed by atoms with Crippen molar-refractivity contribution in [3.63, 3.8) is 0 Å². The van der Waals surface area contributed by atoms with Gasteiger partial charge in [-0.2, -0.15) is 0 Å². The van der Waals surface area contributed by atoms with E-state index in [4.69, 9.17) is 0 Å². The van der Waals surface area contributed by atoms with Crippen LogP contribution in [-0.2, 0) is 18.3 Å². The van der Waals surface area contributed by atoms with Crippen LogP contribution in [0.3, 0.4) is 0 Å². The summed E-state index contributed by atoms with van der Waals surface area (Å²) in [5, 5.41) is 0. The van der Waals surface area contributed by atoms with Gasteiger partial charge in [0.1, 0.15) is 12.0 Å². The van der Waals surface area contributed by atoms with E-state index in [1.54, 1.807) is 12.5 Å². The third-order valence-electron chi connectivity index (χ3n) is 4.60. The average molecular weight is 327 g/mol. The molecule has 24 heavy (non-hydrogen) atoms. The van der Waals surface area contributed by atoms with Crippen LogP contribution in [0.1, 0.15) is 32.4 Å². The van der Waals surface area contributed by atoms with Crippen molar-refractivity contribution in [3.05, 3.63) is 30.5 Å². The van der Waals surface area contributed by atoms with Crippen molar-refractivity contribution >= 4 is 5.91 Å². The molecule has 2 aromatic heterocycles. The Labute approximate surface area is 142 Å². The predicted molar refractivity (Wildman–Crippen MR) is 92.1 cm³/mol. The molecule has 0 saturated carbocycles. The van der Waals surface area contributed by atoms with E-state index in [1.807, 2.05) is 42.6 Å². The first-order valence-corrected chi connectivity index (χ1v) is 8.62. The van der Waals surface area contributed by atoms with Gasteiger partial charge >= 0.3 is 0 Å². The molecule has 1 aliphatic rings. The van der Waals surface area contributed by atoms with Gasteiger partial charge < -0.3 is 9.47 Å². The normalized spacial score (nSPS) is 18.2. The Morgan fingerprint density at radius 2 is 2.17 bits per heavy atom. The lowest BCUT2D eigenvalue weighted by atomic mass is 9.92. The summed E-state index contributed by atoms with van der Waals surface area (Å²) in [4.78, 5) is 27.4. The maximum Gasteiger partial charge on any atom is 0.225 e. The number of piperidine rings is 1. The third kappa shape index (κ3) is 3.63. The SMILES string of the molecule is CC(C)C(=O)N1CCC[C@@H](Cc2cc(-c3nccn3C)ncn2)C1. The van der Waals surface area contributed by atoms with Crippen molar-refractivity contribution in [2.75, 3.05) is 13.1 Å². The van der Waals surface area contributed by atoms with Gasteiger partial charge in [-0.3, -0.25) is 4.79 Å². The topological polar surface area (TPSA) is 63.9 Å². The van der Waals surface area contributed by atoms with Gasteiger partial charge in [-0.25, -0.2) is 15.0 Å². The second-order valence-corrected chi connectivity index (χ2v) is 6.91. The van der Waals surface area contributed by atoms with Gasteiger partial charge in [-0.15, -0.1) is 0 Å². The van der Waals surface area contributed by atoms with Crippen molar-refractivity contribution < 1.29 is 4.79 Å². The zero-order chi connectivity index (χ0) is 17.1. The van der Waals surface area contributed by atoms with Crippen LogP contribution in [0.2, 0.25) is 0 Å². The summed E-state index contributed by atoms with van der Waals surface area (Å²) < 4.78 is 1.95. The molecule has 2 aromatic rings. The smallest absolute Gasteiger partial charge is 0.225 e. The van der Waals surface area contributed by atoms with Crippen LogP contribution in [0.15, 0.2) is 24.8 Å². The largest absolute Gasteiger partial charge is 0.342 e. The molecule has 3 heterocycles. The molecule has 128 valence electrons. The molecule has 0 bridgehead atoms. The molecule has 0 spiro atoms. The summed E-state index contributed by atoms with van der Waals surface area (Å²) >= 11 is 0. The van der Waals surface area contributed by atoms with Crippen molar-refractivity contribution in [2.24, 2.45) is 18.9 Å². The van der Waals surface area contributed by atoms with Crippen LogP contribution in [0.4, 0.5) is 0 Å². The number of aryl methyl sites for hydroxylation is 1. The first-order valence-electron chi connectivity index (χ1n) is 8.62. The van der Waals surface area contributed by atoms with E-state index >= 15 is 0 Å². The first kappa shape index (κ1) is 16.6. The summed E-state index contributed by atoms with van der Waals surface area (Å²) in [6, 6.07) is 2.02. The Kier molecular flexibility index (Phi) is 4.92. The Balaban J connectivity index is 1.70.